The van der Waals surface area contributed by atoms with E-state index in [1.165, 1.54) is 11.8 Å². The third-order valence-corrected chi connectivity index (χ3v) is 5.63. The highest BCUT2D eigenvalue weighted by Crippen LogP contribution is 2.37. The van der Waals surface area contributed by atoms with Crippen LogP contribution in [0.3, 0.4) is 0 Å². The fourth-order valence-corrected chi connectivity index (χ4v) is 4.05. The van der Waals surface area contributed by atoms with Crippen molar-refractivity contribution in [3.63, 3.8) is 0 Å². The van der Waals surface area contributed by atoms with Gasteiger partial charge in [-0.15, -0.1) is 0 Å². The Hall–Kier alpha value is -2.31. The Bertz CT molecular complexity index is 906. The van der Waals surface area contributed by atoms with E-state index in [1.807, 2.05) is 55.5 Å². The molecule has 0 atom stereocenters. The highest BCUT2D eigenvalue weighted by molar-refractivity contribution is 8.27. The van der Waals surface area contributed by atoms with Crippen molar-refractivity contribution in [2.75, 3.05) is 18.6 Å². The minimum atomic E-state index is -0.110. The van der Waals surface area contributed by atoms with E-state index < -0.39 is 0 Å². The average molecular weight is 414 g/mol. The number of benzene rings is 2. The summed E-state index contributed by atoms with van der Waals surface area (Å²) in [4.78, 5) is 15.1. The minimum Gasteiger partial charge on any atom is -0.493 e. The van der Waals surface area contributed by atoms with Crippen molar-refractivity contribution < 1.29 is 14.3 Å². The van der Waals surface area contributed by atoms with Crippen molar-refractivity contribution in [3.8, 4) is 11.5 Å². The molecule has 0 spiro atoms. The van der Waals surface area contributed by atoms with Gasteiger partial charge in [0.1, 0.15) is 0 Å². The maximum absolute atomic E-state index is 12.9. The van der Waals surface area contributed by atoms with Crippen LogP contribution in [0.1, 0.15) is 30.9 Å². The van der Waals surface area contributed by atoms with Crippen molar-refractivity contribution in [1.82, 2.24) is 0 Å². The molecule has 2 aromatic rings. The first-order valence-corrected chi connectivity index (χ1v) is 10.4. The second-order valence-electron chi connectivity index (χ2n) is 6.46. The van der Waals surface area contributed by atoms with Crippen LogP contribution < -0.4 is 14.4 Å². The number of unbranched alkanes of at least 4 members (excludes halogenated alkanes) is 1. The predicted molar refractivity (Wildman–Crippen MR) is 120 cm³/mol. The molecule has 0 aromatic heterocycles. The third-order valence-electron chi connectivity index (χ3n) is 4.33. The fraction of sp³-hybridized carbons (Fsp3) is 0.273. The van der Waals surface area contributed by atoms with E-state index >= 15 is 0 Å². The number of anilines is 1. The van der Waals surface area contributed by atoms with E-state index in [0.717, 1.165) is 29.7 Å². The summed E-state index contributed by atoms with van der Waals surface area (Å²) in [5.41, 5.74) is 2.79. The van der Waals surface area contributed by atoms with Crippen molar-refractivity contribution >= 4 is 46.0 Å². The summed E-state index contributed by atoms with van der Waals surface area (Å²) >= 11 is 6.74. The molecular formula is C22H23NO3S2. The smallest absolute Gasteiger partial charge is 0.270 e. The lowest BCUT2D eigenvalue weighted by Crippen LogP contribution is -2.27. The molecule has 0 saturated carbocycles. The van der Waals surface area contributed by atoms with Gasteiger partial charge < -0.3 is 9.47 Å². The first kappa shape index (κ1) is 20.4. The van der Waals surface area contributed by atoms with Crippen LogP contribution in [-0.4, -0.2) is 23.9 Å². The van der Waals surface area contributed by atoms with Gasteiger partial charge in [0.05, 0.1) is 24.3 Å². The van der Waals surface area contributed by atoms with Gasteiger partial charge in [-0.05, 0) is 49.2 Å². The summed E-state index contributed by atoms with van der Waals surface area (Å²) in [5.74, 6) is 1.25. The molecule has 1 heterocycles. The molecular weight excluding hydrogens is 390 g/mol. The molecule has 1 saturated heterocycles. The van der Waals surface area contributed by atoms with E-state index in [9.17, 15) is 4.79 Å². The first-order valence-electron chi connectivity index (χ1n) is 9.19. The number of hydrogen-bond acceptors (Lipinski definition) is 5. The number of hydrogen-bond donors (Lipinski definition) is 0. The summed E-state index contributed by atoms with van der Waals surface area (Å²) in [5, 5.41) is 0. The maximum atomic E-state index is 12.9. The minimum absolute atomic E-state index is 0.110. The van der Waals surface area contributed by atoms with Gasteiger partial charge >= 0.3 is 0 Å². The maximum Gasteiger partial charge on any atom is 0.270 e. The highest BCUT2D eigenvalue weighted by atomic mass is 32.2. The molecule has 1 aliphatic heterocycles. The lowest BCUT2D eigenvalue weighted by molar-refractivity contribution is -0.113. The van der Waals surface area contributed by atoms with Crippen LogP contribution in [0.5, 0.6) is 11.5 Å². The van der Waals surface area contributed by atoms with Gasteiger partial charge in [0.25, 0.3) is 5.91 Å². The molecule has 4 nitrogen and oxygen atoms in total. The van der Waals surface area contributed by atoms with Gasteiger partial charge in [-0.3, -0.25) is 9.69 Å². The van der Waals surface area contributed by atoms with Crippen LogP contribution in [0, 0.1) is 6.92 Å². The number of carbonyl (C=O) groups excluding carboxylic acids is 1. The van der Waals surface area contributed by atoms with Crippen molar-refractivity contribution in [3.05, 3.63) is 58.5 Å². The average Bonchev–Trinajstić information content (AvgIpc) is 2.97. The molecule has 6 heteroatoms. The van der Waals surface area contributed by atoms with Crippen molar-refractivity contribution in [2.45, 2.75) is 26.7 Å². The molecule has 0 unspecified atom stereocenters. The zero-order valence-electron chi connectivity index (χ0n) is 16.2. The predicted octanol–water partition coefficient (Wildman–Crippen LogP) is 5.59. The summed E-state index contributed by atoms with van der Waals surface area (Å²) in [6.45, 7) is 4.79. The van der Waals surface area contributed by atoms with Gasteiger partial charge in [-0.1, -0.05) is 61.1 Å². The summed E-state index contributed by atoms with van der Waals surface area (Å²) in [6.07, 6.45) is 3.90. The zero-order chi connectivity index (χ0) is 20.1. The van der Waals surface area contributed by atoms with E-state index in [0.29, 0.717) is 27.3 Å². The summed E-state index contributed by atoms with van der Waals surface area (Å²) in [7, 11) is 1.61. The lowest BCUT2D eigenvalue weighted by atomic mass is 10.1. The second kappa shape index (κ2) is 9.26. The van der Waals surface area contributed by atoms with E-state index in [1.54, 1.807) is 12.0 Å². The van der Waals surface area contributed by atoms with Gasteiger partial charge in [-0.25, -0.2) is 0 Å². The molecule has 0 bridgehead atoms. The number of thioether (sulfide) groups is 1. The van der Waals surface area contributed by atoms with Gasteiger partial charge in [0, 0.05) is 0 Å². The van der Waals surface area contributed by atoms with Gasteiger partial charge in [0.15, 0.2) is 15.8 Å². The molecule has 28 heavy (non-hydrogen) atoms. The van der Waals surface area contributed by atoms with Gasteiger partial charge in [0.2, 0.25) is 0 Å². The summed E-state index contributed by atoms with van der Waals surface area (Å²) < 4.78 is 11.8. The number of aryl methyl sites for hydroxylation is 1. The monoisotopic (exact) mass is 413 g/mol. The van der Waals surface area contributed by atoms with Crippen LogP contribution in [0.15, 0.2) is 47.4 Å². The number of rotatable bonds is 7. The van der Waals surface area contributed by atoms with Crippen molar-refractivity contribution in [1.29, 1.82) is 0 Å². The van der Waals surface area contributed by atoms with Crippen LogP contribution >= 0.6 is 24.0 Å². The zero-order valence-corrected chi connectivity index (χ0v) is 17.9. The normalized spacial score (nSPS) is 15.4. The van der Waals surface area contributed by atoms with E-state index in [-0.39, 0.29) is 5.91 Å². The molecule has 1 amide bonds. The number of ether oxygens (including phenoxy) is 2. The Kier molecular flexibility index (Phi) is 6.75. The molecule has 146 valence electrons. The standard InChI is InChI=1S/C22H23NO3S2/c1-4-5-12-26-18-11-8-16(13-19(18)25-3)14-20-21(24)23(22(27)28-20)17-9-6-15(2)7-10-17/h6-11,13-14H,4-5,12H2,1-3H3/b20-14+. The van der Waals surface area contributed by atoms with Crippen LogP contribution in [0.4, 0.5) is 5.69 Å². The van der Waals surface area contributed by atoms with Crippen molar-refractivity contribution in [2.24, 2.45) is 0 Å². The third kappa shape index (κ3) is 4.56. The molecule has 2 aromatic carbocycles. The Labute approximate surface area is 175 Å². The van der Waals surface area contributed by atoms with Crippen LogP contribution in [-0.2, 0) is 4.79 Å². The Balaban J connectivity index is 1.82. The number of methoxy groups -OCH3 is 1. The van der Waals surface area contributed by atoms with Gasteiger partial charge in [-0.2, -0.15) is 0 Å². The number of nitrogens with zero attached hydrogens (tertiary/aromatic N) is 1. The fourth-order valence-electron chi connectivity index (χ4n) is 2.76. The highest BCUT2D eigenvalue weighted by Gasteiger charge is 2.33. The second-order valence-corrected chi connectivity index (χ2v) is 8.14. The molecule has 3 rings (SSSR count). The molecule has 1 aliphatic rings. The Morgan fingerprint density at radius 3 is 2.57 bits per heavy atom. The molecule has 1 fully saturated rings. The topological polar surface area (TPSA) is 38.8 Å². The van der Waals surface area contributed by atoms with E-state index in [2.05, 4.69) is 6.92 Å². The van der Waals surface area contributed by atoms with Crippen LogP contribution in [0.25, 0.3) is 6.08 Å². The van der Waals surface area contributed by atoms with Crippen LogP contribution in [0.2, 0.25) is 0 Å². The largest absolute Gasteiger partial charge is 0.493 e. The quantitative estimate of drug-likeness (QED) is 0.336. The molecule has 0 aliphatic carbocycles. The Morgan fingerprint density at radius 2 is 1.89 bits per heavy atom. The lowest BCUT2D eigenvalue weighted by Gasteiger charge is -2.14. The molecule has 0 N–H and O–H groups in total. The number of amides is 1. The number of thiocarbonyl (C=S) groups is 1. The SMILES string of the molecule is CCCCOc1ccc(/C=C2/SC(=S)N(c3ccc(C)cc3)C2=O)cc1OC. The first-order chi connectivity index (χ1) is 13.5. The number of carbonyl (C=O) groups is 1. The van der Waals surface area contributed by atoms with E-state index in [4.69, 9.17) is 21.7 Å². The Morgan fingerprint density at radius 1 is 1.14 bits per heavy atom. The summed E-state index contributed by atoms with van der Waals surface area (Å²) in [6, 6.07) is 13.4. The molecule has 0 radical (unpaired) electrons.